The quantitative estimate of drug-likeness (QED) is 0.515. The molecule has 1 aliphatic rings. The summed E-state index contributed by atoms with van der Waals surface area (Å²) in [5, 5.41) is 0. The highest BCUT2D eigenvalue weighted by Crippen LogP contribution is 2.33. The van der Waals surface area contributed by atoms with E-state index in [0.717, 1.165) is 12.8 Å². The van der Waals surface area contributed by atoms with E-state index in [1.807, 2.05) is 20.8 Å². The molecule has 1 atom stereocenters. The van der Waals surface area contributed by atoms with Crippen LogP contribution in [0.3, 0.4) is 0 Å². The van der Waals surface area contributed by atoms with Crippen molar-refractivity contribution in [3.05, 3.63) is 11.6 Å². The fourth-order valence-electron chi connectivity index (χ4n) is 2.08. The first-order valence-electron chi connectivity index (χ1n) is 5.86. The standard InChI is InChI=1S/C13H22O2/c1-5-10-7-6-8-11(10)9-12(14)15-13(2,3)4/h9-10H,5-8H2,1-4H3/b11-9+. The lowest BCUT2D eigenvalue weighted by Crippen LogP contribution is -2.23. The van der Waals surface area contributed by atoms with Gasteiger partial charge in [0, 0.05) is 6.08 Å². The number of carbonyl (C=O) groups is 1. The van der Waals surface area contributed by atoms with Crippen LogP contribution in [-0.2, 0) is 9.53 Å². The zero-order valence-electron chi connectivity index (χ0n) is 10.3. The third-order valence-corrected chi connectivity index (χ3v) is 2.75. The predicted molar refractivity (Wildman–Crippen MR) is 61.6 cm³/mol. The second kappa shape index (κ2) is 4.82. The highest BCUT2D eigenvalue weighted by molar-refractivity contribution is 5.83. The molecule has 0 aromatic rings. The highest BCUT2D eigenvalue weighted by atomic mass is 16.6. The molecule has 15 heavy (non-hydrogen) atoms. The molecule has 0 N–H and O–H groups in total. The van der Waals surface area contributed by atoms with Crippen LogP contribution in [0, 0.1) is 5.92 Å². The first-order chi connectivity index (χ1) is 6.92. The van der Waals surface area contributed by atoms with Gasteiger partial charge in [0.15, 0.2) is 0 Å². The number of hydrogen-bond acceptors (Lipinski definition) is 2. The van der Waals surface area contributed by atoms with Crippen molar-refractivity contribution in [1.29, 1.82) is 0 Å². The van der Waals surface area contributed by atoms with Gasteiger partial charge in [0.2, 0.25) is 0 Å². The Morgan fingerprint density at radius 2 is 2.20 bits per heavy atom. The number of carbonyl (C=O) groups excluding carboxylic acids is 1. The average Bonchev–Trinajstić information content (AvgIpc) is 2.48. The van der Waals surface area contributed by atoms with Crippen LogP contribution in [0.5, 0.6) is 0 Å². The minimum atomic E-state index is -0.380. The molecule has 1 fully saturated rings. The van der Waals surface area contributed by atoms with E-state index >= 15 is 0 Å². The van der Waals surface area contributed by atoms with E-state index in [1.54, 1.807) is 6.08 Å². The van der Waals surface area contributed by atoms with Gasteiger partial charge < -0.3 is 4.74 Å². The molecule has 0 radical (unpaired) electrons. The summed E-state index contributed by atoms with van der Waals surface area (Å²) < 4.78 is 5.28. The van der Waals surface area contributed by atoms with E-state index < -0.39 is 0 Å². The molecule has 1 aliphatic carbocycles. The number of hydrogen-bond donors (Lipinski definition) is 0. The third-order valence-electron chi connectivity index (χ3n) is 2.75. The van der Waals surface area contributed by atoms with Crippen LogP contribution in [-0.4, -0.2) is 11.6 Å². The zero-order chi connectivity index (χ0) is 11.5. The predicted octanol–water partition coefficient (Wildman–Crippen LogP) is 3.46. The molecule has 2 heteroatoms. The molecule has 0 spiro atoms. The van der Waals surface area contributed by atoms with E-state index in [4.69, 9.17) is 4.74 Å². The van der Waals surface area contributed by atoms with Crippen molar-refractivity contribution in [2.45, 2.75) is 59.0 Å². The molecule has 0 bridgehead atoms. The van der Waals surface area contributed by atoms with Crippen LogP contribution < -0.4 is 0 Å². The van der Waals surface area contributed by atoms with E-state index in [2.05, 4.69) is 6.92 Å². The first kappa shape index (κ1) is 12.3. The summed E-state index contributed by atoms with van der Waals surface area (Å²) >= 11 is 0. The van der Waals surface area contributed by atoms with Crippen molar-refractivity contribution in [1.82, 2.24) is 0 Å². The van der Waals surface area contributed by atoms with E-state index in [-0.39, 0.29) is 11.6 Å². The maximum atomic E-state index is 11.6. The Hall–Kier alpha value is -0.790. The fraction of sp³-hybridized carbons (Fsp3) is 0.769. The van der Waals surface area contributed by atoms with E-state index in [9.17, 15) is 4.79 Å². The molecule has 1 rings (SSSR count). The molecule has 0 heterocycles. The van der Waals surface area contributed by atoms with Gasteiger partial charge in [-0.25, -0.2) is 4.79 Å². The Bertz CT molecular complexity index is 258. The van der Waals surface area contributed by atoms with Crippen LogP contribution in [0.2, 0.25) is 0 Å². The average molecular weight is 210 g/mol. The summed E-state index contributed by atoms with van der Waals surface area (Å²) in [6.07, 6.45) is 6.36. The third kappa shape index (κ3) is 4.06. The molecule has 0 amide bonds. The number of rotatable bonds is 2. The normalized spacial score (nSPS) is 24.5. The molecule has 0 saturated heterocycles. The Kier molecular flexibility index (Phi) is 3.95. The highest BCUT2D eigenvalue weighted by Gasteiger charge is 2.21. The lowest BCUT2D eigenvalue weighted by Gasteiger charge is -2.18. The number of esters is 1. The zero-order valence-corrected chi connectivity index (χ0v) is 10.3. The molecular weight excluding hydrogens is 188 g/mol. The number of ether oxygens (including phenoxy) is 1. The molecule has 0 aromatic carbocycles. The van der Waals surface area contributed by atoms with Crippen molar-refractivity contribution in [3.8, 4) is 0 Å². The monoisotopic (exact) mass is 210 g/mol. The maximum Gasteiger partial charge on any atom is 0.331 e. The summed E-state index contributed by atoms with van der Waals surface area (Å²) in [6, 6.07) is 0. The van der Waals surface area contributed by atoms with E-state index in [1.165, 1.54) is 18.4 Å². The summed E-state index contributed by atoms with van der Waals surface area (Å²) in [5.74, 6) is 0.426. The Morgan fingerprint density at radius 3 is 2.73 bits per heavy atom. The molecule has 1 unspecified atom stereocenters. The van der Waals surface area contributed by atoms with Crippen molar-refractivity contribution < 1.29 is 9.53 Å². The topological polar surface area (TPSA) is 26.3 Å². The van der Waals surface area contributed by atoms with Crippen LogP contribution in [0.15, 0.2) is 11.6 Å². The van der Waals surface area contributed by atoms with E-state index in [0.29, 0.717) is 5.92 Å². The summed E-state index contributed by atoms with van der Waals surface area (Å²) in [6.45, 7) is 7.87. The summed E-state index contributed by atoms with van der Waals surface area (Å²) in [7, 11) is 0. The first-order valence-corrected chi connectivity index (χ1v) is 5.86. The van der Waals surface area contributed by atoms with Gasteiger partial charge in [-0.05, 0) is 52.4 Å². The van der Waals surface area contributed by atoms with Crippen LogP contribution in [0.4, 0.5) is 0 Å². The fourth-order valence-corrected chi connectivity index (χ4v) is 2.08. The van der Waals surface area contributed by atoms with Crippen molar-refractivity contribution >= 4 is 5.97 Å². The molecule has 0 aliphatic heterocycles. The lowest BCUT2D eigenvalue weighted by molar-refractivity contribution is -0.148. The number of allylic oxidation sites excluding steroid dienone is 1. The smallest absolute Gasteiger partial charge is 0.331 e. The van der Waals surface area contributed by atoms with Crippen LogP contribution in [0.25, 0.3) is 0 Å². The van der Waals surface area contributed by atoms with Gasteiger partial charge in [0.05, 0.1) is 0 Å². The Balaban J connectivity index is 2.58. The van der Waals surface area contributed by atoms with Gasteiger partial charge in [0.25, 0.3) is 0 Å². The largest absolute Gasteiger partial charge is 0.457 e. The minimum Gasteiger partial charge on any atom is -0.457 e. The molecule has 0 aromatic heterocycles. The molecule has 86 valence electrons. The molecule has 2 nitrogen and oxygen atoms in total. The van der Waals surface area contributed by atoms with Crippen molar-refractivity contribution in [2.75, 3.05) is 0 Å². The van der Waals surface area contributed by atoms with Gasteiger partial charge in [-0.15, -0.1) is 0 Å². The van der Waals surface area contributed by atoms with Gasteiger partial charge in [0.1, 0.15) is 5.60 Å². The minimum absolute atomic E-state index is 0.183. The molecular formula is C13H22O2. The molecule has 1 saturated carbocycles. The summed E-state index contributed by atoms with van der Waals surface area (Å²) in [5.41, 5.74) is 0.904. The second-order valence-electron chi connectivity index (χ2n) is 5.25. The van der Waals surface area contributed by atoms with Crippen LogP contribution in [0.1, 0.15) is 53.4 Å². The Labute approximate surface area is 92.7 Å². The van der Waals surface area contributed by atoms with Gasteiger partial charge >= 0.3 is 5.97 Å². The summed E-state index contributed by atoms with van der Waals surface area (Å²) in [4.78, 5) is 11.6. The van der Waals surface area contributed by atoms with Gasteiger partial charge in [-0.1, -0.05) is 12.5 Å². The lowest BCUT2D eigenvalue weighted by atomic mass is 10.00. The van der Waals surface area contributed by atoms with Gasteiger partial charge in [-0.2, -0.15) is 0 Å². The van der Waals surface area contributed by atoms with Crippen molar-refractivity contribution in [3.63, 3.8) is 0 Å². The van der Waals surface area contributed by atoms with Crippen molar-refractivity contribution in [2.24, 2.45) is 5.92 Å². The SMILES string of the molecule is CCC1CCC/C1=C\C(=O)OC(C)(C)C. The van der Waals surface area contributed by atoms with Gasteiger partial charge in [-0.3, -0.25) is 0 Å². The van der Waals surface area contributed by atoms with Crippen LogP contribution >= 0.6 is 0 Å². The Morgan fingerprint density at radius 1 is 1.53 bits per heavy atom. The second-order valence-corrected chi connectivity index (χ2v) is 5.25. The maximum absolute atomic E-state index is 11.6.